The van der Waals surface area contributed by atoms with Crippen LogP contribution in [-0.4, -0.2) is 49.8 Å². The van der Waals surface area contributed by atoms with E-state index < -0.39 is 0 Å². The minimum absolute atomic E-state index is 0.536. The van der Waals surface area contributed by atoms with Crippen molar-refractivity contribution in [2.45, 2.75) is 0 Å². The van der Waals surface area contributed by atoms with E-state index in [1.54, 1.807) is 0 Å². The SMILES string of the molecule is c1ccc(-c2ccc3cc(-c4ccc5ccc(-c6nc(-c7ccccc7)nc(-c7ccccc7)n6)nc5c4)ccc3n2)cc1.c1ccc(-c2nc(-c3ccccc3)nc(-c3ccc4ccc(-c5ccc6nc(-c7cccc8ccccc78)ccc6c5)cc4n3)n2)cc1. The standard InChI is InChI=1S/C43H27N5.C39H25N5/c1-3-11-30(12-4-1)41-46-42(31-13-5-2-6-14-31)48-43(47-41)39-25-20-29-18-19-33(27-40(29)45-39)32-21-23-37-34(26-32)22-24-38(44-37)36-17-9-15-28-10-7-8-16-35(28)36;1-4-10-26(11-5-1)33-22-20-32-24-30(19-21-34(32)40-33)31-17-16-27-18-23-35(41-36(27)25-31)39-43-37(28-12-6-2-7-13-28)42-38(44-39)29-14-8-3-9-15-29/h1-27H;1-25H. The van der Waals surface area contributed by atoms with Gasteiger partial charge in [0.2, 0.25) is 0 Å². The van der Waals surface area contributed by atoms with Gasteiger partial charge in [-0.3, -0.25) is 0 Å². The summed E-state index contributed by atoms with van der Waals surface area (Å²) in [5.41, 5.74) is 17.4. The lowest BCUT2D eigenvalue weighted by molar-refractivity contribution is 1.06. The van der Waals surface area contributed by atoms with Crippen LogP contribution in [0.5, 0.6) is 0 Å². The Labute approximate surface area is 530 Å². The van der Waals surface area contributed by atoms with E-state index in [0.717, 1.165) is 111 Å². The van der Waals surface area contributed by atoms with Gasteiger partial charge in [-0.1, -0.05) is 255 Å². The molecular formula is C82H52N10. The number of fused-ring (bicyclic) bond motifs is 5. The first-order valence-corrected chi connectivity index (χ1v) is 30.4. The molecule has 17 aromatic rings. The summed E-state index contributed by atoms with van der Waals surface area (Å²) >= 11 is 0. The predicted molar refractivity (Wildman–Crippen MR) is 373 cm³/mol. The Bertz CT molecular complexity index is 5460. The zero-order valence-electron chi connectivity index (χ0n) is 49.5. The smallest absolute Gasteiger partial charge is 0.182 e. The third-order valence-electron chi connectivity index (χ3n) is 16.4. The van der Waals surface area contributed by atoms with Crippen LogP contribution in [0.15, 0.2) is 315 Å². The summed E-state index contributed by atoms with van der Waals surface area (Å²) in [5, 5.41) is 6.69. The van der Waals surface area contributed by atoms with Crippen LogP contribution in [0.3, 0.4) is 0 Å². The zero-order valence-corrected chi connectivity index (χ0v) is 49.5. The summed E-state index contributed by atoms with van der Waals surface area (Å²) in [5.74, 6) is 3.53. The molecule has 0 amide bonds. The third-order valence-corrected chi connectivity index (χ3v) is 16.4. The molecule has 0 aliphatic carbocycles. The molecule has 6 aromatic heterocycles. The molecule has 92 heavy (non-hydrogen) atoms. The second-order valence-electron chi connectivity index (χ2n) is 22.4. The number of aromatic nitrogens is 10. The second kappa shape index (κ2) is 24.1. The maximum atomic E-state index is 5.07. The van der Waals surface area contributed by atoms with Crippen molar-refractivity contribution in [2.24, 2.45) is 0 Å². The Morgan fingerprint density at radius 1 is 0.152 bits per heavy atom. The highest BCUT2D eigenvalue weighted by molar-refractivity contribution is 5.98. The predicted octanol–water partition coefficient (Wildman–Crippen LogP) is 19.8. The minimum atomic E-state index is 0.536. The zero-order chi connectivity index (χ0) is 61.2. The van der Waals surface area contributed by atoms with E-state index >= 15 is 0 Å². The minimum Gasteiger partial charge on any atom is -0.248 e. The van der Waals surface area contributed by atoms with Gasteiger partial charge in [0.25, 0.3) is 0 Å². The lowest BCUT2D eigenvalue weighted by Gasteiger charge is -2.10. The fourth-order valence-electron chi connectivity index (χ4n) is 11.7. The molecule has 0 atom stereocenters. The fourth-order valence-corrected chi connectivity index (χ4v) is 11.7. The Morgan fingerprint density at radius 3 is 0.946 bits per heavy atom. The van der Waals surface area contributed by atoms with Crippen LogP contribution >= 0.6 is 0 Å². The molecule has 0 spiro atoms. The number of benzene rings is 11. The maximum absolute atomic E-state index is 5.07. The number of hydrogen-bond donors (Lipinski definition) is 0. The molecule has 0 aliphatic rings. The number of rotatable bonds is 10. The molecule has 0 N–H and O–H groups in total. The molecule has 0 bridgehead atoms. The quantitative estimate of drug-likeness (QED) is 0.130. The molecule has 17 rings (SSSR count). The van der Waals surface area contributed by atoms with Gasteiger partial charge in [-0.2, -0.15) is 0 Å². The van der Waals surface area contributed by atoms with Crippen LogP contribution in [-0.2, 0) is 0 Å². The van der Waals surface area contributed by atoms with Crippen LogP contribution < -0.4 is 0 Å². The van der Waals surface area contributed by atoms with E-state index in [1.165, 1.54) is 10.8 Å². The monoisotopic (exact) mass is 1180 g/mol. The highest BCUT2D eigenvalue weighted by atomic mass is 15.1. The summed E-state index contributed by atoms with van der Waals surface area (Å²) in [6.07, 6.45) is 0. The Morgan fingerprint density at radius 2 is 0.478 bits per heavy atom. The second-order valence-corrected chi connectivity index (χ2v) is 22.4. The molecule has 11 aromatic carbocycles. The van der Waals surface area contributed by atoms with Gasteiger partial charge in [0.15, 0.2) is 34.9 Å². The van der Waals surface area contributed by atoms with E-state index in [2.05, 4.69) is 164 Å². The van der Waals surface area contributed by atoms with Crippen LogP contribution in [0.25, 0.3) is 168 Å². The average molecular weight is 1180 g/mol. The first kappa shape index (κ1) is 54.7. The first-order valence-electron chi connectivity index (χ1n) is 30.4. The van der Waals surface area contributed by atoms with Crippen molar-refractivity contribution in [3.8, 4) is 113 Å². The lowest BCUT2D eigenvalue weighted by atomic mass is 9.99. The summed E-state index contributed by atoms with van der Waals surface area (Å²) in [6.45, 7) is 0. The van der Waals surface area contributed by atoms with Gasteiger partial charge < -0.3 is 0 Å². The Balaban J connectivity index is 0.000000147. The van der Waals surface area contributed by atoms with Crippen molar-refractivity contribution in [1.29, 1.82) is 0 Å². The van der Waals surface area contributed by atoms with Crippen molar-refractivity contribution in [1.82, 2.24) is 49.8 Å². The van der Waals surface area contributed by atoms with E-state index in [4.69, 9.17) is 49.8 Å². The van der Waals surface area contributed by atoms with Gasteiger partial charge in [0.1, 0.15) is 11.4 Å². The third kappa shape index (κ3) is 11.2. The molecule has 430 valence electrons. The topological polar surface area (TPSA) is 129 Å². The lowest BCUT2D eigenvalue weighted by Crippen LogP contribution is -2.01. The van der Waals surface area contributed by atoms with Crippen molar-refractivity contribution in [3.63, 3.8) is 0 Å². The van der Waals surface area contributed by atoms with Gasteiger partial charge in [0.05, 0.1) is 33.5 Å². The molecule has 0 saturated heterocycles. The van der Waals surface area contributed by atoms with E-state index in [9.17, 15) is 0 Å². The molecule has 0 fully saturated rings. The molecule has 10 heteroatoms. The largest absolute Gasteiger partial charge is 0.248 e. The van der Waals surface area contributed by atoms with Crippen LogP contribution in [0, 0.1) is 0 Å². The molecule has 10 nitrogen and oxygen atoms in total. The van der Waals surface area contributed by atoms with E-state index in [1.807, 2.05) is 152 Å². The molecule has 0 saturated carbocycles. The van der Waals surface area contributed by atoms with Gasteiger partial charge in [-0.15, -0.1) is 0 Å². The fraction of sp³-hybridized carbons (Fsp3) is 0. The number of hydrogen-bond acceptors (Lipinski definition) is 10. The highest BCUT2D eigenvalue weighted by Gasteiger charge is 2.17. The van der Waals surface area contributed by atoms with E-state index in [-0.39, 0.29) is 0 Å². The number of pyridine rings is 4. The first-order chi connectivity index (χ1) is 45.5. The van der Waals surface area contributed by atoms with Gasteiger partial charge in [-0.25, -0.2) is 49.8 Å². The highest BCUT2D eigenvalue weighted by Crippen LogP contribution is 2.35. The van der Waals surface area contributed by atoms with Crippen LogP contribution in [0.1, 0.15) is 0 Å². The summed E-state index contributed by atoms with van der Waals surface area (Å²) in [4.78, 5) is 49.2. The van der Waals surface area contributed by atoms with Crippen molar-refractivity contribution in [2.75, 3.05) is 0 Å². The molecule has 0 unspecified atom stereocenters. The molecule has 0 radical (unpaired) electrons. The molecule has 0 aliphatic heterocycles. The summed E-state index contributed by atoms with van der Waals surface area (Å²) in [6, 6.07) is 107. The van der Waals surface area contributed by atoms with E-state index in [0.29, 0.717) is 46.3 Å². The van der Waals surface area contributed by atoms with Crippen molar-refractivity contribution >= 4 is 54.4 Å². The maximum Gasteiger partial charge on any atom is 0.182 e. The van der Waals surface area contributed by atoms with Crippen molar-refractivity contribution in [3.05, 3.63) is 315 Å². The van der Waals surface area contributed by atoms with Crippen molar-refractivity contribution < 1.29 is 0 Å². The van der Waals surface area contributed by atoms with Crippen LogP contribution in [0.4, 0.5) is 0 Å². The summed E-state index contributed by atoms with van der Waals surface area (Å²) < 4.78 is 0. The van der Waals surface area contributed by atoms with Crippen LogP contribution in [0.2, 0.25) is 0 Å². The average Bonchev–Trinajstić information content (AvgIpc) is 0.958. The normalized spacial score (nSPS) is 11.3. The molecule has 6 heterocycles. The summed E-state index contributed by atoms with van der Waals surface area (Å²) in [7, 11) is 0. The Hall–Kier alpha value is -12.7. The Kier molecular flexibility index (Phi) is 14.4. The van der Waals surface area contributed by atoms with Gasteiger partial charge in [-0.05, 0) is 93.7 Å². The van der Waals surface area contributed by atoms with Gasteiger partial charge >= 0.3 is 0 Å². The molecular weight excluding hydrogens is 1120 g/mol. The van der Waals surface area contributed by atoms with Gasteiger partial charge in [0, 0.05) is 54.9 Å². The number of nitrogens with zero attached hydrogens (tertiary/aromatic N) is 10.